The number of hydrogen-bond donors (Lipinski definition) is 0. The molecule has 0 aliphatic rings. The van der Waals surface area contributed by atoms with E-state index in [0.29, 0.717) is 6.42 Å². The van der Waals surface area contributed by atoms with Crippen LogP contribution in [-0.2, 0) is 12.6 Å². The zero-order valence-electron chi connectivity index (χ0n) is 7.66. The van der Waals surface area contributed by atoms with Gasteiger partial charge in [-0.05, 0) is 30.2 Å². The summed E-state index contributed by atoms with van der Waals surface area (Å²) < 4.78 is 49.8. The summed E-state index contributed by atoms with van der Waals surface area (Å²) >= 11 is 0. The Balaban J connectivity index is 3.15. The van der Waals surface area contributed by atoms with E-state index in [1.165, 1.54) is 0 Å². The summed E-state index contributed by atoms with van der Waals surface area (Å²) in [6.45, 7) is 1.76. The molecule has 0 spiro atoms. The van der Waals surface area contributed by atoms with Crippen LogP contribution in [0.25, 0.3) is 0 Å². The van der Waals surface area contributed by atoms with Crippen LogP contribution >= 0.6 is 0 Å². The van der Waals surface area contributed by atoms with E-state index in [2.05, 4.69) is 0 Å². The number of benzene rings is 1. The summed E-state index contributed by atoms with van der Waals surface area (Å²) in [7, 11) is 0. The van der Waals surface area contributed by atoms with Crippen LogP contribution in [0.15, 0.2) is 18.2 Å². The van der Waals surface area contributed by atoms with Crippen molar-refractivity contribution < 1.29 is 17.6 Å². The van der Waals surface area contributed by atoms with Gasteiger partial charge in [0.2, 0.25) is 0 Å². The third-order valence-corrected chi connectivity index (χ3v) is 1.89. The molecule has 0 aromatic heterocycles. The molecular formula is C10H10F4. The van der Waals surface area contributed by atoms with Crippen molar-refractivity contribution in [3.8, 4) is 0 Å². The van der Waals surface area contributed by atoms with Crippen LogP contribution in [0.3, 0.4) is 0 Å². The van der Waals surface area contributed by atoms with Gasteiger partial charge in [-0.2, -0.15) is 13.2 Å². The molecule has 0 atom stereocenters. The Morgan fingerprint density at radius 1 is 1.21 bits per heavy atom. The molecule has 0 N–H and O–H groups in total. The molecule has 1 aromatic rings. The lowest BCUT2D eigenvalue weighted by Gasteiger charge is -2.11. The Labute approximate surface area is 79.6 Å². The molecule has 1 rings (SSSR count). The molecule has 0 radical (unpaired) electrons. The molecule has 0 fully saturated rings. The highest BCUT2D eigenvalue weighted by Crippen LogP contribution is 2.32. The van der Waals surface area contributed by atoms with Crippen molar-refractivity contribution in [1.29, 1.82) is 0 Å². The molecule has 0 aliphatic heterocycles. The summed E-state index contributed by atoms with van der Waals surface area (Å²) in [5, 5.41) is 0. The average molecular weight is 206 g/mol. The minimum atomic E-state index is -4.39. The van der Waals surface area contributed by atoms with Gasteiger partial charge in [-0.25, -0.2) is 4.39 Å². The normalized spacial score (nSPS) is 11.8. The molecule has 14 heavy (non-hydrogen) atoms. The van der Waals surface area contributed by atoms with Gasteiger partial charge in [-0.3, -0.25) is 0 Å². The molecule has 0 bridgehead atoms. The molecule has 0 unspecified atom stereocenters. The van der Waals surface area contributed by atoms with Crippen LogP contribution in [-0.4, -0.2) is 0 Å². The first-order chi connectivity index (χ1) is 6.45. The Morgan fingerprint density at radius 3 is 2.36 bits per heavy atom. The maximum absolute atomic E-state index is 12.7. The van der Waals surface area contributed by atoms with Crippen LogP contribution in [0.4, 0.5) is 17.6 Å². The van der Waals surface area contributed by atoms with Crippen molar-refractivity contribution in [3.05, 3.63) is 35.1 Å². The molecule has 4 heteroatoms. The lowest BCUT2D eigenvalue weighted by Crippen LogP contribution is -2.09. The van der Waals surface area contributed by atoms with Crippen LogP contribution in [0.2, 0.25) is 0 Å². The quantitative estimate of drug-likeness (QED) is 0.645. The molecular weight excluding hydrogens is 196 g/mol. The second-order valence-electron chi connectivity index (χ2n) is 3.05. The van der Waals surface area contributed by atoms with Crippen molar-refractivity contribution in [2.45, 2.75) is 25.9 Å². The number of halogens is 4. The number of alkyl halides is 3. The van der Waals surface area contributed by atoms with Gasteiger partial charge in [-0.15, -0.1) is 0 Å². The van der Waals surface area contributed by atoms with Gasteiger partial charge in [-0.1, -0.05) is 13.3 Å². The van der Waals surface area contributed by atoms with E-state index in [1.807, 2.05) is 0 Å². The van der Waals surface area contributed by atoms with Crippen LogP contribution in [0, 0.1) is 5.82 Å². The fourth-order valence-electron chi connectivity index (χ4n) is 1.32. The minimum Gasteiger partial charge on any atom is -0.207 e. The highest BCUT2D eigenvalue weighted by Gasteiger charge is 2.32. The first kappa shape index (κ1) is 11.0. The summed E-state index contributed by atoms with van der Waals surface area (Å²) in [5.41, 5.74) is -0.708. The highest BCUT2D eigenvalue weighted by atomic mass is 19.4. The van der Waals surface area contributed by atoms with Crippen molar-refractivity contribution in [2.75, 3.05) is 0 Å². The minimum absolute atomic E-state index is 0.0278. The van der Waals surface area contributed by atoms with E-state index in [9.17, 15) is 17.6 Å². The Kier molecular flexibility index (Phi) is 3.13. The molecule has 0 saturated heterocycles. The molecule has 78 valence electrons. The van der Waals surface area contributed by atoms with Gasteiger partial charge >= 0.3 is 6.18 Å². The van der Waals surface area contributed by atoms with Gasteiger partial charge in [0.05, 0.1) is 5.56 Å². The van der Waals surface area contributed by atoms with Crippen molar-refractivity contribution >= 4 is 0 Å². The predicted molar refractivity (Wildman–Crippen MR) is 45.4 cm³/mol. The molecule has 0 heterocycles. The Hall–Kier alpha value is -1.06. The zero-order valence-corrected chi connectivity index (χ0v) is 7.66. The SMILES string of the molecule is CCCc1cc(F)ccc1C(F)(F)F. The smallest absolute Gasteiger partial charge is 0.207 e. The van der Waals surface area contributed by atoms with E-state index in [0.717, 1.165) is 18.2 Å². The maximum Gasteiger partial charge on any atom is 0.416 e. The van der Waals surface area contributed by atoms with Gasteiger partial charge in [0.15, 0.2) is 0 Å². The summed E-state index contributed by atoms with van der Waals surface area (Å²) in [4.78, 5) is 0. The predicted octanol–water partition coefficient (Wildman–Crippen LogP) is 3.80. The van der Waals surface area contributed by atoms with Crippen molar-refractivity contribution in [1.82, 2.24) is 0 Å². The maximum atomic E-state index is 12.7. The third-order valence-electron chi connectivity index (χ3n) is 1.89. The van der Waals surface area contributed by atoms with Crippen LogP contribution in [0.1, 0.15) is 24.5 Å². The number of rotatable bonds is 2. The van der Waals surface area contributed by atoms with E-state index < -0.39 is 17.6 Å². The molecule has 0 amide bonds. The Morgan fingerprint density at radius 2 is 1.86 bits per heavy atom. The van der Waals surface area contributed by atoms with Crippen LogP contribution < -0.4 is 0 Å². The fourth-order valence-corrected chi connectivity index (χ4v) is 1.32. The second-order valence-corrected chi connectivity index (χ2v) is 3.05. The van der Waals surface area contributed by atoms with Gasteiger partial charge in [0.1, 0.15) is 5.82 Å². The lowest BCUT2D eigenvalue weighted by atomic mass is 10.0. The van der Waals surface area contributed by atoms with E-state index in [4.69, 9.17) is 0 Å². The molecule has 1 aromatic carbocycles. The van der Waals surface area contributed by atoms with Crippen molar-refractivity contribution in [2.24, 2.45) is 0 Å². The third kappa shape index (κ3) is 2.47. The van der Waals surface area contributed by atoms with Crippen molar-refractivity contribution in [3.63, 3.8) is 0 Å². The Bertz CT molecular complexity index is 314. The molecule has 0 aliphatic carbocycles. The van der Waals surface area contributed by atoms with E-state index in [1.54, 1.807) is 6.92 Å². The largest absolute Gasteiger partial charge is 0.416 e. The second kappa shape index (κ2) is 3.98. The molecule has 0 nitrogen and oxygen atoms in total. The van der Waals surface area contributed by atoms with E-state index in [-0.39, 0.29) is 12.0 Å². The average Bonchev–Trinajstić information content (AvgIpc) is 2.02. The topological polar surface area (TPSA) is 0 Å². The zero-order chi connectivity index (χ0) is 10.8. The number of aryl methyl sites for hydroxylation is 1. The summed E-state index contributed by atoms with van der Waals surface area (Å²) in [5.74, 6) is -0.624. The fraction of sp³-hybridized carbons (Fsp3) is 0.400. The lowest BCUT2D eigenvalue weighted by molar-refractivity contribution is -0.138. The van der Waals surface area contributed by atoms with Crippen LogP contribution in [0.5, 0.6) is 0 Å². The van der Waals surface area contributed by atoms with Gasteiger partial charge < -0.3 is 0 Å². The monoisotopic (exact) mass is 206 g/mol. The standard InChI is InChI=1S/C10H10F4/c1-2-3-7-6-8(11)4-5-9(7)10(12,13)14/h4-6H,2-3H2,1H3. The summed E-state index contributed by atoms with van der Waals surface area (Å²) in [6, 6.07) is 2.58. The van der Waals surface area contributed by atoms with E-state index >= 15 is 0 Å². The van der Waals surface area contributed by atoms with Gasteiger partial charge in [0.25, 0.3) is 0 Å². The first-order valence-electron chi connectivity index (χ1n) is 4.30. The highest BCUT2D eigenvalue weighted by molar-refractivity contribution is 5.30. The summed E-state index contributed by atoms with van der Waals surface area (Å²) in [6.07, 6.45) is -3.59. The number of hydrogen-bond acceptors (Lipinski definition) is 0. The molecule has 0 saturated carbocycles. The first-order valence-corrected chi connectivity index (χ1v) is 4.30. The van der Waals surface area contributed by atoms with Gasteiger partial charge in [0, 0.05) is 0 Å².